The molecule has 0 nitrogen and oxygen atoms in total. The van der Waals surface area contributed by atoms with Crippen molar-refractivity contribution in [1.82, 2.24) is 0 Å². The third kappa shape index (κ3) is 6.08. The molecule has 0 aromatic heterocycles. The van der Waals surface area contributed by atoms with Crippen molar-refractivity contribution in [3.63, 3.8) is 0 Å². The predicted molar refractivity (Wildman–Crippen MR) is 113 cm³/mol. The summed E-state index contributed by atoms with van der Waals surface area (Å²) in [6, 6.07) is 2.41. The molecule has 0 atom stereocenters. The summed E-state index contributed by atoms with van der Waals surface area (Å²) in [5, 5.41) is 0. The predicted octanol–water partition coefficient (Wildman–Crippen LogP) is 8.22. The molecule has 0 aliphatic heterocycles. The van der Waals surface area contributed by atoms with Gasteiger partial charge in [0, 0.05) is 0 Å². The molecule has 1 aromatic carbocycles. The van der Waals surface area contributed by atoms with Crippen LogP contribution in [0.2, 0.25) is 0.959 Å². The van der Waals surface area contributed by atoms with Crippen molar-refractivity contribution < 1.29 is 56.0 Å². The van der Waals surface area contributed by atoms with Crippen LogP contribution in [0.5, 0.6) is 0 Å². The van der Waals surface area contributed by atoms with Gasteiger partial charge in [-0.3, -0.25) is 0 Å². The van der Waals surface area contributed by atoms with E-state index in [1.54, 1.807) is 12.8 Å². The van der Waals surface area contributed by atoms with Gasteiger partial charge in [0.2, 0.25) is 0 Å². The van der Waals surface area contributed by atoms with E-state index in [9.17, 15) is 13.2 Å². The van der Waals surface area contributed by atoms with Gasteiger partial charge in [0.1, 0.15) is 0 Å². The monoisotopic (exact) mass is 632 g/mol. The molecule has 3 fully saturated rings. The van der Waals surface area contributed by atoms with Crippen LogP contribution in [0.25, 0.3) is 0 Å². The van der Waals surface area contributed by atoms with Crippen molar-refractivity contribution >= 4 is 0 Å². The summed E-state index contributed by atoms with van der Waals surface area (Å²) in [7, 11) is 0. The van der Waals surface area contributed by atoms with Gasteiger partial charge in [-0.25, -0.2) is 13.2 Å². The zero-order chi connectivity index (χ0) is 21.1. The van der Waals surface area contributed by atoms with Gasteiger partial charge in [0.05, 0.1) is 0 Å². The summed E-state index contributed by atoms with van der Waals surface area (Å²) in [6.45, 7) is 0. The molecule has 0 unspecified atom stereocenters. The summed E-state index contributed by atoms with van der Waals surface area (Å²) < 4.78 is 41.5. The molecule has 4 rings (SSSR count). The van der Waals surface area contributed by atoms with Crippen molar-refractivity contribution in [1.29, 1.82) is 0 Å². The van der Waals surface area contributed by atoms with E-state index in [0.717, 1.165) is 92.1 Å². The normalized spacial score (nSPS) is 35.3. The molecule has 0 N–H and O–H groups in total. The van der Waals surface area contributed by atoms with Crippen LogP contribution >= 0.6 is 0 Å². The number of hydrogen-bond donors (Lipinski definition) is 0. The summed E-state index contributed by atoms with van der Waals surface area (Å²) in [6.07, 6.45) is 18.9. The Balaban J connectivity index is 1.16. The zero-order valence-electron chi connectivity index (χ0n) is 18.7. The van der Waals surface area contributed by atoms with Crippen LogP contribution in [-0.4, -0.2) is 0 Å². The maximum atomic E-state index is 13.5. The molecular weight excluding hydrogens is 595 g/mol. The summed E-state index contributed by atoms with van der Waals surface area (Å²) >= 11 is 0.734. The molecule has 0 radical (unpaired) electrons. The fourth-order valence-electron chi connectivity index (χ4n) is 6.77. The minimum absolute atomic E-state index is 0.184. The Kier molecular flexibility index (Phi) is 8.72. The van der Waals surface area contributed by atoms with E-state index in [0.29, 0.717) is 5.56 Å². The van der Waals surface area contributed by atoms with Gasteiger partial charge < -0.3 is 0 Å². The van der Waals surface area contributed by atoms with Gasteiger partial charge >= 0.3 is 144 Å². The molecule has 3 saturated carbocycles. The quantitative estimate of drug-likeness (QED) is 0.287. The molecular formula is C26H37F3Ra. The van der Waals surface area contributed by atoms with Gasteiger partial charge in [0.15, 0.2) is 17.5 Å². The van der Waals surface area contributed by atoms with E-state index in [2.05, 4.69) is 0 Å². The van der Waals surface area contributed by atoms with Gasteiger partial charge in [-0.2, -0.15) is 0 Å². The Hall–Kier alpha value is 0.478. The molecule has 164 valence electrons. The van der Waals surface area contributed by atoms with Crippen LogP contribution in [0.3, 0.4) is 0 Å². The van der Waals surface area contributed by atoms with Crippen molar-refractivity contribution in [2.24, 2.45) is 23.7 Å². The van der Waals surface area contributed by atoms with Crippen LogP contribution in [0.4, 0.5) is 13.2 Å². The first-order chi connectivity index (χ1) is 14.5. The maximum absolute atomic E-state index is 13.5. The molecule has 0 heterocycles. The molecule has 4 heteroatoms. The Labute approximate surface area is 209 Å². The second-order valence-electron chi connectivity index (χ2n) is 10.9. The smallest absolute Gasteiger partial charge is 0.204 e. The zero-order valence-corrected chi connectivity index (χ0v) is 26.9. The Bertz CT molecular complexity index is 659. The minimum Gasteiger partial charge on any atom is -0.204 e. The van der Waals surface area contributed by atoms with Crippen LogP contribution in [0.15, 0.2) is 12.1 Å². The molecule has 0 spiro atoms. The van der Waals surface area contributed by atoms with Crippen LogP contribution in [0, 0.1) is 83.9 Å². The molecule has 3 aliphatic carbocycles. The molecule has 30 heavy (non-hydrogen) atoms. The van der Waals surface area contributed by atoms with Crippen LogP contribution in [0.1, 0.15) is 101 Å². The minimum atomic E-state index is -1.34. The summed E-state index contributed by atoms with van der Waals surface area (Å²) in [5.74, 6) is 0.514. The van der Waals surface area contributed by atoms with Gasteiger partial charge in [-0.1, -0.05) is 0 Å². The van der Waals surface area contributed by atoms with E-state index in [-0.39, 0.29) is 5.92 Å². The van der Waals surface area contributed by atoms with E-state index in [1.807, 2.05) is 0 Å². The van der Waals surface area contributed by atoms with E-state index in [4.69, 9.17) is 0 Å². The fraction of sp³-hybridized carbons (Fsp3) is 0.769. The first-order valence-electron chi connectivity index (χ1n) is 12.6. The molecule has 0 saturated heterocycles. The van der Waals surface area contributed by atoms with Crippen LogP contribution in [-0.2, 0) is 0 Å². The van der Waals surface area contributed by atoms with Crippen molar-refractivity contribution in [2.75, 3.05) is 0 Å². The first-order valence-corrected chi connectivity index (χ1v) is 17.4. The van der Waals surface area contributed by atoms with Crippen LogP contribution < -0.4 is 0 Å². The van der Waals surface area contributed by atoms with Crippen molar-refractivity contribution in [2.45, 2.75) is 96.8 Å². The first kappa shape index (κ1) is 23.6. The topological polar surface area (TPSA) is 0 Å². The van der Waals surface area contributed by atoms with Crippen molar-refractivity contribution in [3.8, 4) is 0 Å². The number of rotatable bonds is 5. The van der Waals surface area contributed by atoms with E-state index >= 15 is 0 Å². The molecule has 3 aliphatic rings. The second kappa shape index (κ2) is 11.1. The molecule has 1 aromatic rings. The Morgan fingerprint density at radius 1 is 0.633 bits per heavy atom. The van der Waals surface area contributed by atoms with Crippen molar-refractivity contribution in [3.05, 3.63) is 35.1 Å². The second-order valence-corrected chi connectivity index (χ2v) is 17.6. The SMILES string of the molecule is Fc1cc(C2CCC(CCC3CCC(C4CC[CH]([RaH])CC4)CC3)CC2)cc(F)c1F. The van der Waals surface area contributed by atoms with Gasteiger partial charge in [-0.05, 0) is 36.5 Å². The Morgan fingerprint density at radius 3 is 1.57 bits per heavy atom. The summed E-state index contributed by atoms with van der Waals surface area (Å²) in [4.78, 5) is 0. The third-order valence-corrected chi connectivity index (χ3v) is 13.7. The number of benzene rings is 1. The molecule has 0 bridgehead atoms. The van der Waals surface area contributed by atoms with Gasteiger partial charge in [0.25, 0.3) is 0 Å². The van der Waals surface area contributed by atoms with E-state index < -0.39 is 17.5 Å². The number of hydrogen-bond acceptors (Lipinski definition) is 0. The fourth-order valence-corrected chi connectivity index (χ4v) is 9.51. The molecule has 0 amide bonds. The van der Waals surface area contributed by atoms with Gasteiger partial charge in [-0.15, -0.1) is 0 Å². The Morgan fingerprint density at radius 2 is 1.07 bits per heavy atom. The summed E-state index contributed by atoms with van der Waals surface area (Å²) in [5.41, 5.74) is 0.643. The standard InChI is InChI=1S/C26H36F3.Ra.H/c27-24-16-23(17-25(28)26(24)29)22-14-10-19(11-15-22)7-6-18-8-12-21(13-9-18)20-4-2-1-3-5-20;;/h1,16-22H,2-15H2;;. The third-order valence-electron chi connectivity index (χ3n) is 8.93. The van der Waals surface area contributed by atoms with E-state index in [1.165, 1.54) is 64.5 Å². The number of halogens is 3. The average molecular weight is 633 g/mol. The average Bonchev–Trinajstić information content (AvgIpc) is 2.77.